The van der Waals surface area contributed by atoms with E-state index in [2.05, 4.69) is 54.0 Å². The summed E-state index contributed by atoms with van der Waals surface area (Å²) in [4.78, 5) is 5.41. The van der Waals surface area contributed by atoms with Crippen LogP contribution in [0.2, 0.25) is 0 Å². The van der Waals surface area contributed by atoms with Crippen molar-refractivity contribution < 1.29 is 0 Å². The van der Waals surface area contributed by atoms with Crippen LogP contribution in [0.15, 0.2) is 30.3 Å². The average molecular weight is 344 g/mol. The molecular formula is C22H37N3. The highest BCUT2D eigenvalue weighted by Gasteiger charge is 2.40. The van der Waals surface area contributed by atoms with Crippen molar-refractivity contribution in [1.29, 1.82) is 0 Å². The van der Waals surface area contributed by atoms with E-state index < -0.39 is 0 Å². The van der Waals surface area contributed by atoms with Crippen LogP contribution in [0.25, 0.3) is 0 Å². The average Bonchev–Trinajstić information content (AvgIpc) is 2.89. The Balaban J connectivity index is 1.66. The van der Waals surface area contributed by atoms with Gasteiger partial charge in [-0.1, -0.05) is 44.2 Å². The lowest BCUT2D eigenvalue weighted by Crippen LogP contribution is -2.62. The largest absolute Gasteiger partial charge is 0.329 e. The molecule has 0 radical (unpaired) electrons. The molecule has 2 saturated heterocycles. The Morgan fingerprint density at radius 3 is 2.60 bits per heavy atom. The van der Waals surface area contributed by atoms with Crippen LogP contribution < -0.4 is 5.73 Å². The first kappa shape index (κ1) is 18.9. The van der Waals surface area contributed by atoms with Gasteiger partial charge >= 0.3 is 0 Å². The fourth-order valence-electron chi connectivity index (χ4n) is 5.00. The zero-order valence-electron chi connectivity index (χ0n) is 16.3. The molecule has 0 bridgehead atoms. The van der Waals surface area contributed by atoms with Crippen LogP contribution in [-0.2, 0) is 6.54 Å². The van der Waals surface area contributed by atoms with E-state index in [9.17, 15) is 0 Å². The van der Waals surface area contributed by atoms with Gasteiger partial charge in [0.2, 0.25) is 0 Å². The van der Waals surface area contributed by atoms with Crippen molar-refractivity contribution in [2.45, 2.75) is 58.0 Å². The standard InChI is InChI=1S/C22H37N3/c1-19(2)21-10-6-14-25(15-11-21)22(17-23)12-7-13-24(18-22)16-20-8-4-3-5-9-20/h3-5,8-9,19,21H,6-7,10-18,23H2,1-2H3. The van der Waals surface area contributed by atoms with E-state index in [1.807, 2.05) is 0 Å². The van der Waals surface area contributed by atoms with E-state index in [0.29, 0.717) is 0 Å². The maximum Gasteiger partial charge on any atom is 0.0458 e. The van der Waals surface area contributed by atoms with Crippen molar-refractivity contribution in [2.24, 2.45) is 17.6 Å². The Kier molecular flexibility index (Phi) is 6.54. The summed E-state index contributed by atoms with van der Waals surface area (Å²) in [5.74, 6) is 1.71. The molecule has 140 valence electrons. The molecule has 0 saturated carbocycles. The van der Waals surface area contributed by atoms with Crippen LogP contribution in [0.4, 0.5) is 0 Å². The number of rotatable bonds is 5. The minimum atomic E-state index is 0.193. The molecule has 2 unspecified atom stereocenters. The summed E-state index contributed by atoms with van der Waals surface area (Å²) in [6.45, 7) is 11.4. The van der Waals surface area contributed by atoms with Gasteiger partial charge in [0, 0.05) is 25.2 Å². The van der Waals surface area contributed by atoms with Crippen LogP contribution in [0, 0.1) is 11.8 Å². The van der Waals surface area contributed by atoms with E-state index in [1.54, 1.807) is 0 Å². The van der Waals surface area contributed by atoms with Crippen LogP contribution in [0.3, 0.4) is 0 Å². The highest BCUT2D eigenvalue weighted by molar-refractivity contribution is 5.15. The molecule has 3 heteroatoms. The van der Waals surface area contributed by atoms with Gasteiger partial charge in [-0.25, -0.2) is 0 Å². The maximum atomic E-state index is 6.40. The van der Waals surface area contributed by atoms with Crippen molar-refractivity contribution in [3.8, 4) is 0 Å². The van der Waals surface area contributed by atoms with E-state index in [1.165, 1.54) is 57.3 Å². The van der Waals surface area contributed by atoms with Crippen molar-refractivity contribution in [1.82, 2.24) is 9.80 Å². The summed E-state index contributed by atoms with van der Waals surface area (Å²) < 4.78 is 0. The SMILES string of the molecule is CC(C)C1CCCN(C2(CN)CCCN(Cc3ccccc3)C2)CC1. The first-order chi connectivity index (χ1) is 12.1. The zero-order valence-corrected chi connectivity index (χ0v) is 16.3. The number of nitrogens with zero attached hydrogens (tertiary/aromatic N) is 2. The minimum absolute atomic E-state index is 0.193. The van der Waals surface area contributed by atoms with Gasteiger partial charge in [-0.15, -0.1) is 0 Å². The summed E-state index contributed by atoms with van der Waals surface area (Å²) in [6, 6.07) is 10.9. The fraction of sp³-hybridized carbons (Fsp3) is 0.727. The number of benzene rings is 1. The van der Waals surface area contributed by atoms with Crippen molar-refractivity contribution >= 4 is 0 Å². The van der Waals surface area contributed by atoms with Crippen LogP contribution in [0.5, 0.6) is 0 Å². The maximum absolute atomic E-state index is 6.40. The third kappa shape index (κ3) is 4.64. The fourth-order valence-corrected chi connectivity index (χ4v) is 5.00. The lowest BCUT2D eigenvalue weighted by Gasteiger charge is -2.49. The predicted molar refractivity (Wildman–Crippen MR) is 106 cm³/mol. The summed E-state index contributed by atoms with van der Waals surface area (Å²) in [6.07, 6.45) is 6.61. The first-order valence-corrected chi connectivity index (χ1v) is 10.3. The van der Waals surface area contributed by atoms with E-state index in [-0.39, 0.29) is 5.54 Å². The highest BCUT2D eigenvalue weighted by atomic mass is 15.3. The molecule has 1 aromatic rings. The first-order valence-electron chi connectivity index (χ1n) is 10.3. The number of hydrogen-bond donors (Lipinski definition) is 1. The lowest BCUT2D eigenvalue weighted by atomic mass is 9.86. The van der Waals surface area contributed by atoms with Crippen molar-refractivity contribution in [2.75, 3.05) is 32.7 Å². The van der Waals surface area contributed by atoms with Crippen molar-refractivity contribution in [3.05, 3.63) is 35.9 Å². The molecule has 0 amide bonds. The van der Waals surface area contributed by atoms with Gasteiger partial charge in [-0.3, -0.25) is 9.80 Å². The van der Waals surface area contributed by atoms with Gasteiger partial charge in [-0.2, -0.15) is 0 Å². The molecule has 0 aliphatic carbocycles. The molecule has 2 aliphatic heterocycles. The Morgan fingerprint density at radius 2 is 1.88 bits per heavy atom. The summed E-state index contributed by atoms with van der Waals surface area (Å²) in [5, 5.41) is 0. The van der Waals surface area contributed by atoms with Gasteiger partial charge < -0.3 is 5.73 Å². The summed E-state index contributed by atoms with van der Waals surface area (Å²) in [5.41, 5.74) is 8.02. The highest BCUT2D eigenvalue weighted by Crippen LogP contribution is 2.32. The molecule has 0 aromatic heterocycles. The van der Waals surface area contributed by atoms with Crippen LogP contribution in [-0.4, -0.2) is 48.1 Å². The predicted octanol–water partition coefficient (Wildman–Crippen LogP) is 3.74. The van der Waals surface area contributed by atoms with Crippen LogP contribution in [0.1, 0.15) is 51.5 Å². The number of hydrogen-bond acceptors (Lipinski definition) is 3. The number of likely N-dealkylation sites (tertiary alicyclic amines) is 2. The second kappa shape index (κ2) is 8.66. The zero-order chi connectivity index (χ0) is 17.7. The summed E-state index contributed by atoms with van der Waals surface area (Å²) in [7, 11) is 0. The molecular weight excluding hydrogens is 306 g/mol. The molecule has 3 rings (SSSR count). The van der Waals surface area contributed by atoms with Gasteiger partial charge in [0.15, 0.2) is 0 Å². The Morgan fingerprint density at radius 1 is 1.08 bits per heavy atom. The molecule has 25 heavy (non-hydrogen) atoms. The monoisotopic (exact) mass is 343 g/mol. The quantitative estimate of drug-likeness (QED) is 0.884. The van der Waals surface area contributed by atoms with Gasteiger partial charge in [-0.05, 0) is 69.1 Å². The molecule has 2 N–H and O–H groups in total. The minimum Gasteiger partial charge on any atom is -0.329 e. The number of piperidine rings is 1. The van der Waals surface area contributed by atoms with Crippen molar-refractivity contribution in [3.63, 3.8) is 0 Å². The second-order valence-corrected chi connectivity index (χ2v) is 8.65. The molecule has 2 aliphatic rings. The third-order valence-electron chi connectivity index (χ3n) is 6.65. The van der Waals surface area contributed by atoms with E-state index in [4.69, 9.17) is 5.73 Å². The van der Waals surface area contributed by atoms with Gasteiger partial charge in [0.05, 0.1) is 0 Å². The Hall–Kier alpha value is -0.900. The smallest absolute Gasteiger partial charge is 0.0458 e. The molecule has 2 atom stereocenters. The van der Waals surface area contributed by atoms with Gasteiger partial charge in [0.25, 0.3) is 0 Å². The lowest BCUT2D eigenvalue weighted by molar-refractivity contribution is 0.0145. The molecule has 1 aromatic carbocycles. The molecule has 2 fully saturated rings. The number of nitrogens with two attached hydrogens (primary N) is 1. The van der Waals surface area contributed by atoms with Crippen LogP contribution >= 0.6 is 0 Å². The Labute approximate surface area is 154 Å². The summed E-state index contributed by atoms with van der Waals surface area (Å²) >= 11 is 0. The topological polar surface area (TPSA) is 32.5 Å². The second-order valence-electron chi connectivity index (χ2n) is 8.65. The van der Waals surface area contributed by atoms with E-state index >= 15 is 0 Å². The molecule has 0 spiro atoms. The Bertz CT molecular complexity index is 515. The molecule has 3 nitrogen and oxygen atoms in total. The normalized spacial score (nSPS) is 29.7. The molecule has 2 heterocycles. The van der Waals surface area contributed by atoms with E-state index in [0.717, 1.165) is 31.5 Å². The van der Waals surface area contributed by atoms with Gasteiger partial charge in [0.1, 0.15) is 0 Å². The third-order valence-corrected chi connectivity index (χ3v) is 6.65.